The van der Waals surface area contributed by atoms with E-state index >= 15 is 0 Å². The molecule has 1 aliphatic carbocycles. The van der Waals surface area contributed by atoms with Gasteiger partial charge in [0.2, 0.25) is 0 Å². The number of hydrogen-bond donors (Lipinski definition) is 1. The van der Waals surface area contributed by atoms with E-state index in [4.69, 9.17) is 17.3 Å². The summed E-state index contributed by atoms with van der Waals surface area (Å²) in [6, 6.07) is 2.11. The number of fused-ring (bicyclic) bond motifs is 1. The highest BCUT2D eigenvalue weighted by Crippen LogP contribution is 2.36. The molecule has 0 fully saturated rings. The molecule has 0 aliphatic heterocycles. The maximum atomic E-state index is 6.42. The number of rotatable bonds is 3. The molecule has 0 radical (unpaired) electrons. The highest BCUT2D eigenvalue weighted by atomic mass is 35.5. The van der Waals surface area contributed by atoms with Crippen LogP contribution in [0.25, 0.3) is 0 Å². The fourth-order valence-corrected chi connectivity index (χ4v) is 4.26. The van der Waals surface area contributed by atoms with E-state index < -0.39 is 0 Å². The molecule has 1 aliphatic rings. The predicted octanol–water partition coefficient (Wildman–Crippen LogP) is 3.54. The Labute approximate surface area is 122 Å². The monoisotopic (exact) mass is 295 g/mol. The van der Waals surface area contributed by atoms with Gasteiger partial charge in [-0.3, -0.25) is 4.68 Å². The Morgan fingerprint density at radius 2 is 2.26 bits per heavy atom. The molecule has 0 amide bonds. The van der Waals surface area contributed by atoms with Crippen molar-refractivity contribution in [1.29, 1.82) is 0 Å². The molecule has 0 aromatic carbocycles. The Bertz CT molecular complexity index is 564. The van der Waals surface area contributed by atoms with E-state index in [1.165, 1.54) is 41.0 Å². The quantitative estimate of drug-likeness (QED) is 0.941. The van der Waals surface area contributed by atoms with Gasteiger partial charge in [0.15, 0.2) is 0 Å². The SMILES string of the molecule is CCn1ncc(Cl)c1C(N)c1cc2c(s1)CCCC2. The minimum Gasteiger partial charge on any atom is -0.318 e. The lowest BCUT2D eigenvalue weighted by molar-refractivity contribution is 0.603. The molecule has 2 heterocycles. The average molecular weight is 296 g/mol. The summed E-state index contributed by atoms with van der Waals surface area (Å²) in [6.45, 7) is 2.85. The van der Waals surface area contributed by atoms with Gasteiger partial charge >= 0.3 is 0 Å². The van der Waals surface area contributed by atoms with Crippen molar-refractivity contribution in [3.63, 3.8) is 0 Å². The minimum absolute atomic E-state index is 0.162. The molecule has 5 heteroatoms. The van der Waals surface area contributed by atoms with Crippen molar-refractivity contribution < 1.29 is 0 Å². The van der Waals surface area contributed by atoms with Gasteiger partial charge in [0.25, 0.3) is 0 Å². The minimum atomic E-state index is -0.162. The van der Waals surface area contributed by atoms with Crippen LogP contribution in [0.3, 0.4) is 0 Å². The Morgan fingerprint density at radius 3 is 3.00 bits per heavy atom. The molecule has 2 aromatic heterocycles. The number of hydrogen-bond acceptors (Lipinski definition) is 3. The summed E-state index contributed by atoms with van der Waals surface area (Å²) in [5, 5.41) is 4.94. The van der Waals surface area contributed by atoms with Crippen LogP contribution in [0.1, 0.15) is 46.8 Å². The Kier molecular flexibility index (Phi) is 3.65. The zero-order valence-electron chi connectivity index (χ0n) is 11.0. The van der Waals surface area contributed by atoms with Gasteiger partial charge < -0.3 is 5.73 Å². The second-order valence-electron chi connectivity index (χ2n) is 4.98. The summed E-state index contributed by atoms with van der Waals surface area (Å²) >= 11 is 8.08. The maximum Gasteiger partial charge on any atom is 0.0837 e. The van der Waals surface area contributed by atoms with Crippen LogP contribution in [0.15, 0.2) is 12.3 Å². The third-order valence-corrected chi connectivity index (χ3v) is 5.36. The molecule has 2 aromatic rings. The summed E-state index contributed by atoms with van der Waals surface area (Å²) in [7, 11) is 0. The van der Waals surface area contributed by atoms with Crippen molar-refractivity contribution in [2.45, 2.75) is 45.2 Å². The highest BCUT2D eigenvalue weighted by Gasteiger charge is 2.22. The second-order valence-corrected chi connectivity index (χ2v) is 6.55. The van der Waals surface area contributed by atoms with E-state index in [1.54, 1.807) is 6.20 Å². The van der Waals surface area contributed by atoms with Crippen molar-refractivity contribution in [2.24, 2.45) is 5.73 Å². The summed E-state index contributed by atoms with van der Waals surface area (Å²) in [4.78, 5) is 2.72. The third kappa shape index (κ3) is 2.33. The van der Waals surface area contributed by atoms with E-state index in [1.807, 2.05) is 16.0 Å². The van der Waals surface area contributed by atoms with Crippen LogP contribution >= 0.6 is 22.9 Å². The van der Waals surface area contributed by atoms with E-state index in [0.29, 0.717) is 5.02 Å². The second kappa shape index (κ2) is 5.27. The van der Waals surface area contributed by atoms with Crippen LogP contribution in [0, 0.1) is 0 Å². The van der Waals surface area contributed by atoms with Crippen LogP contribution in [0.2, 0.25) is 5.02 Å². The molecule has 3 nitrogen and oxygen atoms in total. The first-order chi connectivity index (χ1) is 9.20. The normalized spacial score (nSPS) is 16.4. The first-order valence-electron chi connectivity index (χ1n) is 6.79. The van der Waals surface area contributed by atoms with E-state index in [2.05, 4.69) is 18.1 Å². The lowest BCUT2D eigenvalue weighted by Gasteiger charge is -2.12. The molecule has 0 spiro atoms. The first kappa shape index (κ1) is 13.2. The van der Waals surface area contributed by atoms with Gasteiger partial charge in [0.05, 0.1) is 23.0 Å². The summed E-state index contributed by atoms with van der Waals surface area (Å²) in [5.41, 5.74) is 8.83. The van der Waals surface area contributed by atoms with Crippen LogP contribution in [0.4, 0.5) is 0 Å². The first-order valence-corrected chi connectivity index (χ1v) is 7.98. The topological polar surface area (TPSA) is 43.8 Å². The molecule has 2 N–H and O–H groups in total. The summed E-state index contributed by atoms with van der Waals surface area (Å²) in [5.74, 6) is 0. The predicted molar refractivity (Wildman–Crippen MR) is 79.9 cm³/mol. The zero-order valence-corrected chi connectivity index (χ0v) is 12.6. The van der Waals surface area contributed by atoms with Crippen molar-refractivity contribution in [2.75, 3.05) is 0 Å². The van der Waals surface area contributed by atoms with Gasteiger partial charge in [-0.15, -0.1) is 11.3 Å². The molecule has 3 rings (SSSR count). The Morgan fingerprint density at radius 1 is 1.47 bits per heavy atom. The molecular weight excluding hydrogens is 278 g/mol. The molecule has 1 atom stereocenters. The summed E-state index contributed by atoms with van der Waals surface area (Å²) in [6.07, 6.45) is 6.68. The fourth-order valence-electron chi connectivity index (χ4n) is 2.73. The molecule has 102 valence electrons. The largest absolute Gasteiger partial charge is 0.318 e. The number of halogens is 1. The van der Waals surface area contributed by atoms with Crippen molar-refractivity contribution in [3.05, 3.63) is 38.3 Å². The van der Waals surface area contributed by atoms with Crippen LogP contribution < -0.4 is 5.73 Å². The van der Waals surface area contributed by atoms with Crippen molar-refractivity contribution >= 4 is 22.9 Å². The van der Waals surface area contributed by atoms with Crippen LogP contribution in [-0.2, 0) is 19.4 Å². The van der Waals surface area contributed by atoms with Gasteiger partial charge in [0, 0.05) is 16.3 Å². The molecule has 1 unspecified atom stereocenters. The van der Waals surface area contributed by atoms with Crippen LogP contribution in [0.5, 0.6) is 0 Å². The molecule has 0 bridgehead atoms. The number of aromatic nitrogens is 2. The van der Waals surface area contributed by atoms with Gasteiger partial charge in [-0.05, 0) is 44.2 Å². The van der Waals surface area contributed by atoms with Gasteiger partial charge in [0.1, 0.15) is 0 Å². The number of nitrogens with two attached hydrogens (primary N) is 1. The Hall–Kier alpha value is -0.840. The zero-order chi connectivity index (χ0) is 13.4. The molecule has 0 saturated heterocycles. The van der Waals surface area contributed by atoms with E-state index in [0.717, 1.165) is 12.2 Å². The van der Waals surface area contributed by atoms with Crippen LogP contribution in [-0.4, -0.2) is 9.78 Å². The molecule has 19 heavy (non-hydrogen) atoms. The number of thiophene rings is 1. The van der Waals surface area contributed by atoms with Crippen molar-refractivity contribution in [3.8, 4) is 0 Å². The fraction of sp³-hybridized carbons (Fsp3) is 0.500. The molecular formula is C14H18ClN3S. The average Bonchev–Trinajstić information content (AvgIpc) is 3.01. The van der Waals surface area contributed by atoms with E-state index in [9.17, 15) is 0 Å². The highest BCUT2D eigenvalue weighted by molar-refractivity contribution is 7.12. The third-order valence-electron chi connectivity index (χ3n) is 3.75. The summed E-state index contributed by atoms with van der Waals surface area (Å²) < 4.78 is 1.89. The lowest BCUT2D eigenvalue weighted by Crippen LogP contribution is -2.16. The smallest absolute Gasteiger partial charge is 0.0837 e. The van der Waals surface area contributed by atoms with Crippen molar-refractivity contribution in [1.82, 2.24) is 9.78 Å². The van der Waals surface area contributed by atoms with Gasteiger partial charge in [-0.1, -0.05) is 11.6 Å². The van der Waals surface area contributed by atoms with Gasteiger partial charge in [-0.25, -0.2) is 0 Å². The number of aryl methyl sites for hydroxylation is 3. The molecule has 0 saturated carbocycles. The number of nitrogens with zero attached hydrogens (tertiary/aromatic N) is 2. The van der Waals surface area contributed by atoms with Gasteiger partial charge in [-0.2, -0.15) is 5.10 Å². The Balaban J connectivity index is 1.97. The van der Waals surface area contributed by atoms with E-state index in [-0.39, 0.29) is 6.04 Å². The maximum absolute atomic E-state index is 6.42. The lowest BCUT2D eigenvalue weighted by atomic mass is 9.98. The standard InChI is InChI=1S/C14H18ClN3S/c1-2-18-14(10(15)8-17-18)13(16)12-7-9-5-3-4-6-11(9)19-12/h7-8,13H,2-6,16H2,1H3.